The van der Waals surface area contributed by atoms with Crippen LogP contribution >= 0.6 is 15.9 Å². The Morgan fingerprint density at radius 1 is 0.775 bits per heavy atom. The van der Waals surface area contributed by atoms with Crippen molar-refractivity contribution in [3.8, 4) is 16.9 Å². The number of hydrogen-bond acceptors (Lipinski definition) is 4. The van der Waals surface area contributed by atoms with Crippen LogP contribution in [0.2, 0.25) is 0 Å². The monoisotopic (exact) mass is 583 g/mol. The van der Waals surface area contributed by atoms with Crippen molar-refractivity contribution in [3.05, 3.63) is 137 Å². The summed E-state index contributed by atoms with van der Waals surface area (Å²) in [5.41, 5.74) is 5.84. The van der Waals surface area contributed by atoms with Crippen LogP contribution in [-0.4, -0.2) is 21.5 Å². The second-order valence-corrected chi connectivity index (χ2v) is 10.3. The summed E-state index contributed by atoms with van der Waals surface area (Å²) >= 11 is 3.53. The zero-order chi connectivity index (χ0) is 27.1. The Balaban J connectivity index is 1.50. The summed E-state index contributed by atoms with van der Waals surface area (Å²) in [6.07, 6.45) is 0. The lowest BCUT2D eigenvalue weighted by molar-refractivity contribution is 0.102. The molecule has 7 heteroatoms. The third-order valence-electron chi connectivity index (χ3n) is 6.86. The minimum absolute atomic E-state index is 0.267. The molecule has 7 rings (SSSR count). The predicted octanol–water partition coefficient (Wildman–Crippen LogP) is 8.21. The number of nitrogens with one attached hydrogen (secondary N) is 2. The van der Waals surface area contributed by atoms with Crippen LogP contribution < -0.4 is 10.6 Å². The van der Waals surface area contributed by atoms with Gasteiger partial charge in [0.2, 0.25) is 0 Å². The number of amides is 1. The van der Waals surface area contributed by atoms with Gasteiger partial charge in [-0.3, -0.25) is 4.79 Å². The molecule has 0 atom stereocenters. The minimum atomic E-state index is -0.323. The Morgan fingerprint density at radius 2 is 1.48 bits per heavy atom. The summed E-state index contributed by atoms with van der Waals surface area (Å²) in [5.74, 6) is 0.238. The Bertz CT molecular complexity index is 1910. The van der Waals surface area contributed by atoms with Crippen molar-refractivity contribution in [1.29, 1.82) is 0 Å². The number of nitrogens with zero attached hydrogens (tertiary/aromatic N) is 3. The number of benzene rings is 5. The van der Waals surface area contributed by atoms with Crippen LogP contribution in [0.1, 0.15) is 16.1 Å². The van der Waals surface area contributed by atoms with E-state index in [0.717, 1.165) is 43.6 Å². The first kappa shape index (κ1) is 24.1. The molecule has 0 saturated carbocycles. The molecule has 0 unspecified atom stereocenters. The lowest BCUT2D eigenvalue weighted by atomic mass is 10.0. The van der Waals surface area contributed by atoms with Crippen molar-refractivity contribution in [3.63, 3.8) is 0 Å². The fraction of sp³-hybridized carbons (Fsp3) is 0. The molecule has 0 saturated heterocycles. The summed E-state index contributed by atoms with van der Waals surface area (Å²) in [6.45, 7) is 0. The molecule has 0 radical (unpaired) electrons. The topological polar surface area (TPSA) is 71.3 Å². The molecule has 1 aliphatic heterocycles. The molecular weight excluding hydrogens is 562 g/mol. The van der Waals surface area contributed by atoms with Crippen LogP contribution in [0, 0.1) is 0 Å². The summed E-state index contributed by atoms with van der Waals surface area (Å²) in [5, 5.41) is 13.6. The normalized spacial score (nSPS) is 12.1. The van der Waals surface area contributed by atoms with Crippen LogP contribution in [0.3, 0.4) is 0 Å². The van der Waals surface area contributed by atoms with Crippen molar-refractivity contribution in [2.24, 2.45) is 4.99 Å². The maximum absolute atomic E-state index is 13.9. The average Bonchev–Trinajstić information content (AvgIpc) is 3.40. The molecule has 6 nitrogen and oxygen atoms in total. The second kappa shape index (κ2) is 9.94. The van der Waals surface area contributed by atoms with E-state index in [-0.39, 0.29) is 11.6 Å². The molecule has 0 aliphatic carbocycles. The molecule has 192 valence electrons. The number of rotatable bonds is 5. The fourth-order valence-electron chi connectivity index (χ4n) is 5.06. The first-order chi connectivity index (χ1) is 19.7. The molecule has 0 spiro atoms. The Morgan fingerprint density at radius 3 is 2.23 bits per heavy atom. The summed E-state index contributed by atoms with van der Waals surface area (Å²) in [6, 6.07) is 39.4. The number of amidine groups is 1. The van der Waals surface area contributed by atoms with Gasteiger partial charge in [0.05, 0.1) is 22.6 Å². The Kier molecular flexibility index (Phi) is 5.98. The first-order valence-corrected chi connectivity index (χ1v) is 13.6. The molecule has 6 aromatic rings. The van der Waals surface area contributed by atoms with E-state index in [1.807, 2.05) is 114 Å². The fourth-order valence-corrected chi connectivity index (χ4v) is 5.32. The maximum Gasteiger partial charge on any atom is 0.276 e. The zero-order valence-electron chi connectivity index (χ0n) is 21.2. The number of carbonyl (C=O) groups is 1. The van der Waals surface area contributed by atoms with Gasteiger partial charge in [-0.05, 0) is 53.9 Å². The second-order valence-electron chi connectivity index (χ2n) is 9.41. The third-order valence-corrected chi connectivity index (χ3v) is 7.38. The highest BCUT2D eigenvalue weighted by atomic mass is 79.9. The van der Waals surface area contributed by atoms with Gasteiger partial charge in [-0.2, -0.15) is 5.10 Å². The van der Waals surface area contributed by atoms with Gasteiger partial charge >= 0.3 is 0 Å². The molecule has 0 bridgehead atoms. The van der Waals surface area contributed by atoms with Crippen molar-refractivity contribution in [1.82, 2.24) is 9.78 Å². The number of para-hydroxylation sites is 1. The van der Waals surface area contributed by atoms with Crippen LogP contribution in [0.5, 0.6) is 0 Å². The van der Waals surface area contributed by atoms with Gasteiger partial charge in [-0.25, -0.2) is 9.67 Å². The molecule has 2 heterocycles. The van der Waals surface area contributed by atoms with Gasteiger partial charge < -0.3 is 10.6 Å². The smallest absolute Gasteiger partial charge is 0.276 e. The highest BCUT2D eigenvalue weighted by Gasteiger charge is 2.30. The lowest BCUT2D eigenvalue weighted by Gasteiger charge is -2.20. The number of halogens is 1. The van der Waals surface area contributed by atoms with Crippen molar-refractivity contribution in [2.45, 2.75) is 0 Å². The zero-order valence-corrected chi connectivity index (χ0v) is 22.8. The maximum atomic E-state index is 13.9. The van der Waals surface area contributed by atoms with Crippen molar-refractivity contribution >= 4 is 55.5 Å². The molecule has 0 fully saturated rings. The standard InChI is InChI=1S/C33H22BrN5O/c34-23-17-19-25(20-18-23)39-31(22-9-3-1-4-10-22)29(30(38-39)33(40)35-24-13-5-2-6-14-24)32-36-26-15-7-11-21-12-8-16-27(37-32)28(21)26/h1-20H,(H,35,40)(H,36,37). The van der Waals surface area contributed by atoms with Gasteiger partial charge in [0.15, 0.2) is 5.69 Å². The van der Waals surface area contributed by atoms with E-state index in [0.29, 0.717) is 17.1 Å². The number of carbonyl (C=O) groups excluding carboxylic acids is 1. The van der Waals surface area contributed by atoms with Gasteiger partial charge in [-0.1, -0.05) is 88.7 Å². The van der Waals surface area contributed by atoms with Gasteiger partial charge in [-0.15, -0.1) is 0 Å². The lowest BCUT2D eigenvalue weighted by Crippen LogP contribution is -2.22. The minimum Gasteiger partial charge on any atom is -0.339 e. The summed E-state index contributed by atoms with van der Waals surface area (Å²) < 4.78 is 2.78. The molecule has 1 aliphatic rings. The van der Waals surface area contributed by atoms with E-state index in [1.54, 1.807) is 0 Å². The largest absolute Gasteiger partial charge is 0.339 e. The van der Waals surface area contributed by atoms with Crippen molar-refractivity contribution in [2.75, 3.05) is 10.6 Å². The predicted molar refractivity (Wildman–Crippen MR) is 165 cm³/mol. The SMILES string of the molecule is O=C(Nc1ccccc1)c1nn(-c2ccc(Br)cc2)c(-c2ccccc2)c1C1=Nc2cccc3cccc(c23)N1. The Labute approximate surface area is 239 Å². The van der Waals surface area contributed by atoms with E-state index in [9.17, 15) is 4.79 Å². The molecule has 1 aromatic heterocycles. The summed E-state index contributed by atoms with van der Waals surface area (Å²) in [7, 11) is 0. The first-order valence-electron chi connectivity index (χ1n) is 12.8. The third kappa shape index (κ3) is 4.26. The highest BCUT2D eigenvalue weighted by Crippen LogP contribution is 2.39. The molecular formula is C33H22BrN5O. The number of hydrogen-bond donors (Lipinski definition) is 2. The number of aliphatic imine (C=N–C) groups is 1. The molecule has 1 amide bonds. The van der Waals surface area contributed by atoms with Crippen LogP contribution in [-0.2, 0) is 0 Å². The van der Waals surface area contributed by atoms with Crippen LogP contribution in [0.15, 0.2) is 131 Å². The van der Waals surface area contributed by atoms with E-state index >= 15 is 0 Å². The Hall–Kier alpha value is -5.01. The summed E-state index contributed by atoms with van der Waals surface area (Å²) in [4.78, 5) is 19.0. The van der Waals surface area contributed by atoms with Gasteiger partial charge in [0.1, 0.15) is 5.84 Å². The van der Waals surface area contributed by atoms with Gasteiger partial charge in [0, 0.05) is 26.8 Å². The van der Waals surface area contributed by atoms with Gasteiger partial charge in [0.25, 0.3) is 5.91 Å². The van der Waals surface area contributed by atoms with E-state index in [1.165, 1.54) is 0 Å². The van der Waals surface area contributed by atoms with Crippen LogP contribution in [0.4, 0.5) is 17.1 Å². The number of aromatic nitrogens is 2. The average molecular weight is 584 g/mol. The van der Waals surface area contributed by atoms with E-state index < -0.39 is 0 Å². The van der Waals surface area contributed by atoms with Crippen molar-refractivity contribution < 1.29 is 4.79 Å². The van der Waals surface area contributed by atoms with Crippen LogP contribution in [0.25, 0.3) is 27.7 Å². The molecule has 2 N–H and O–H groups in total. The highest BCUT2D eigenvalue weighted by molar-refractivity contribution is 9.10. The van der Waals surface area contributed by atoms with E-state index in [2.05, 4.69) is 38.7 Å². The number of anilines is 2. The van der Waals surface area contributed by atoms with E-state index in [4.69, 9.17) is 10.1 Å². The quantitative estimate of drug-likeness (QED) is 0.215. The molecule has 5 aromatic carbocycles. The molecule has 40 heavy (non-hydrogen) atoms.